The highest BCUT2D eigenvalue weighted by Crippen LogP contribution is 2.21. The standard InChI is InChI=1S/C15H29N3O/c1-6-10-17-11-9-16-14(17)12-13(19)15(4,5)18(7-2)8-3/h9,11,13,19H,6-8,10,12H2,1-5H3. The van der Waals surface area contributed by atoms with E-state index in [-0.39, 0.29) is 5.54 Å². The van der Waals surface area contributed by atoms with Crippen LogP contribution in [-0.4, -0.2) is 44.3 Å². The van der Waals surface area contributed by atoms with Crippen molar-refractivity contribution in [3.8, 4) is 0 Å². The third-order valence-corrected chi connectivity index (χ3v) is 4.04. The Kier molecular flexibility index (Phi) is 6.01. The zero-order chi connectivity index (χ0) is 14.5. The van der Waals surface area contributed by atoms with Crippen LogP contribution < -0.4 is 0 Å². The Balaban J connectivity index is 2.77. The number of hydrogen-bond donors (Lipinski definition) is 1. The predicted molar refractivity (Wildman–Crippen MR) is 79.2 cm³/mol. The SMILES string of the molecule is CCCn1ccnc1CC(O)C(C)(C)N(CC)CC. The lowest BCUT2D eigenvalue weighted by atomic mass is 9.92. The van der Waals surface area contributed by atoms with Crippen LogP contribution in [0.2, 0.25) is 0 Å². The molecule has 0 aromatic carbocycles. The number of aliphatic hydroxyl groups excluding tert-OH is 1. The lowest BCUT2D eigenvalue weighted by Gasteiger charge is -2.41. The fourth-order valence-electron chi connectivity index (χ4n) is 2.65. The molecule has 0 saturated carbocycles. The minimum Gasteiger partial charge on any atom is -0.391 e. The summed E-state index contributed by atoms with van der Waals surface area (Å²) in [5, 5.41) is 10.6. The Morgan fingerprint density at radius 1 is 1.32 bits per heavy atom. The molecule has 1 aromatic heterocycles. The minimum absolute atomic E-state index is 0.230. The average Bonchev–Trinajstić information content (AvgIpc) is 2.78. The van der Waals surface area contributed by atoms with Crippen LogP contribution in [0.4, 0.5) is 0 Å². The van der Waals surface area contributed by atoms with E-state index < -0.39 is 6.10 Å². The molecule has 1 N–H and O–H groups in total. The number of rotatable bonds is 8. The van der Waals surface area contributed by atoms with Crippen LogP contribution in [0.3, 0.4) is 0 Å². The average molecular weight is 267 g/mol. The lowest BCUT2D eigenvalue weighted by Crippen LogP contribution is -2.53. The van der Waals surface area contributed by atoms with E-state index in [9.17, 15) is 5.11 Å². The molecule has 0 radical (unpaired) electrons. The molecule has 0 fully saturated rings. The molecule has 0 saturated heterocycles. The van der Waals surface area contributed by atoms with E-state index in [0.717, 1.165) is 31.9 Å². The summed E-state index contributed by atoms with van der Waals surface area (Å²) < 4.78 is 2.14. The van der Waals surface area contributed by atoms with E-state index in [1.807, 2.05) is 12.4 Å². The Labute approximate surface area is 117 Å². The monoisotopic (exact) mass is 267 g/mol. The highest BCUT2D eigenvalue weighted by atomic mass is 16.3. The van der Waals surface area contributed by atoms with Crippen molar-refractivity contribution in [2.75, 3.05) is 13.1 Å². The molecular weight excluding hydrogens is 238 g/mol. The van der Waals surface area contributed by atoms with Gasteiger partial charge >= 0.3 is 0 Å². The molecule has 0 aliphatic carbocycles. The fourth-order valence-corrected chi connectivity index (χ4v) is 2.65. The zero-order valence-electron chi connectivity index (χ0n) is 13.1. The molecule has 110 valence electrons. The summed E-state index contributed by atoms with van der Waals surface area (Å²) >= 11 is 0. The highest BCUT2D eigenvalue weighted by Gasteiger charge is 2.33. The maximum atomic E-state index is 10.6. The first-order chi connectivity index (χ1) is 8.97. The number of aromatic nitrogens is 2. The van der Waals surface area contributed by atoms with Crippen LogP contribution in [-0.2, 0) is 13.0 Å². The van der Waals surface area contributed by atoms with Gasteiger partial charge in [0.2, 0.25) is 0 Å². The molecule has 1 unspecified atom stereocenters. The van der Waals surface area contributed by atoms with Gasteiger partial charge in [-0.25, -0.2) is 4.98 Å². The van der Waals surface area contributed by atoms with E-state index >= 15 is 0 Å². The molecule has 0 aliphatic heterocycles. The number of aliphatic hydroxyl groups is 1. The summed E-state index contributed by atoms with van der Waals surface area (Å²) in [5.74, 6) is 0.981. The molecule has 0 bridgehead atoms. The predicted octanol–water partition coefficient (Wildman–Crippen LogP) is 2.32. The van der Waals surface area contributed by atoms with Gasteiger partial charge in [-0.2, -0.15) is 0 Å². The number of hydrogen-bond acceptors (Lipinski definition) is 3. The van der Waals surface area contributed by atoms with Crippen molar-refractivity contribution in [1.29, 1.82) is 0 Å². The molecule has 1 rings (SSSR count). The topological polar surface area (TPSA) is 41.3 Å². The summed E-state index contributed by atoms with van der Waals surface area (Å²) in [6.07, 6.45) is 5.10. The van der Waals surface area contributed by atoms with Gasteiger partial charge in [0, 0.05) is 30.9 Å². The maximum Gasteiger partial charge on any atom is 0.111 e. The summed E-state index contributed by atoms with van der Waals surface area (Å²) in [6, 6.07) is 0. The second-order valence-corrected chi connectivity index (χ2v) is 5.58. The summed E-state index contributed by atoms with van der Waals surface area (Å²) in [7, 11) is 0. The van der Waals surface area contributed by atoms with Gasteiger partial charge in [0.15, 0.2) is 0 Å². The first kappa shape index (κ1) is 16.2. The number of imidazole rings is 1. The van der Waals surface area contributed by atoms with Gasteiger partial charge in [0.1, 0.15) is 5.82 Å². The number of likely N-dealkylation sites (N-methyl/N-ethyl adjacent to an activating group) is 1. The molecule has 1 atom stereocenters. The summed E-state index contributed by atoms with van der Waals surface area (Å²) in [4.78, 5) is 6.68. The summed E-state index contributed by atoms with van der Waals surface area (Å²) in [6.45, 7) is 13.5. The van der Waals surface area contributed by atoms with E-state index in [2.05, 4.69) is 49.1 Å². The first-order valence-corrected chi connectivity index (χ1v) is 7.40. The van der Waals surface area contributed by atoms with E-state index in [1.165, 1.54) is 0 Å². The first-order valence-electron chi connectivity index (χ1n) is 7.40. The van der Waals surface area contributed by atoms with E-state index in [1.54, 1.807) is 0 Å². The van der Waals surface area contributed by atoms with Crippen LogP contribution >= 0.6 is 0 Å². The summed E-state index contributed by atoms with van der Waals surface area (Å²) in [5.41, 5.74) is -0.230. The Hall–Kier alpha value is -0.870. The van der Waals surface area contributed by atoms with Crippen LogP contribution in [0, 0.1) is 0 Å². The van der Waals surface area contributed by atoms with Crippen molar-refractivity contribution < 1.29 is 5.11 Å². The number of aryl methyl sites for hydroxylation is 1. The van der Waals surface area contributed by atoms with Gasteiger partial charge in [-0.3, -0.25) is 4.90 Å². The third kappa shape index (κ3) is 3.80. The van der Waals surface area contributed by atoms with Gasteiger partial charge in [0.25, 0.3) is 0 Å². The Morgan fingerprint density at radius 3 is 2.47 bits per heavy atom. The molecule has 0 spiro atoms. The van der Waals surface area contributed by atoms with Crippen LogP contribution in [0.15, 0.2) is 12.4 Å². The molecule has 4 heteroatoms. The van der Waals surface area contributed by atoms with Crippen molar-refractivity contribution in [2.45, 2.75) is 65.6 Å². The Morgan fingerprint density at radius 2 is 1.95 bits per heavy atom. The smallest absolute Gasteiger partial charge is 0.111 e. The van der Waals surface area contributed by atoms with Crippen molar-refractivity contribution in [3.63, 3.8) is 0 Å². The normalized spacial score (nSPS) is 14.1. The van der Waals surface area contributed by atoms with Crippen molar-refractivity contribution in [3.05, 3.63) is 18.2 Å². The molecule has 4 nitrogen and oxygen atoms in total. The van der Waals surface area contributed by atoms with Gasteiger partial charge in [-0.15, -0.1) is 0 Å². The zero-order valence-corrected chi connectivity index (χ0v) is 13.1. The van der Waals surface area contributed by atoms with Gasteiger partial charge in [-0.05, 0) is 33.4 Å². The maximum absolute atomic E-state index is 10.6. The number of nitrogens with zero attached hydrogens (tertiary/aromatic N) is 3. The molecule has 0 aliphatic rings. The van der Waals surface area contributed by atoms with Gasteiger partial charge in [-0.1, -0.05) is 20.8 Å². The molecule has 0 amide bonds. The fraction of sp³-hybridized carbons (Fsp3) is 0.800. The molecule has 19 heavy (non-hydrogen) atoms. The largest absolute Gasteiger partial charge is 0.391 e. The van der Waals surface area contributed by atoms with Gasteiger partial charge in [0.05, 0.1) is 6.10 Å². The lowest BCUT2D eigenvalue weighted by molar-refractivity contribution is -0.00558. The second-order valence-electron chi connectivity index (χ2n) is 5.58. The van der Waals surface area contributed by atoms with Crippen molar-refractivity contribution >= 4 is 0 Å². The van der Waals surface area contributed by atoms with E-state index in [0.29, 0.717) is 6.42 Å². The van der Waals surface area contributed by atoms with Crippen LogP contribution in [0.5, 0.6) is 0 Å². The molecule has 1 heterocycles. The Bertz CT molecular complexity index is 369. The van der Waals surface area contributed by atoms with Crippen molar-refractivity contribution in [1.82, 2.24) is 14.5 Å². The molecular formula is C15H29N3O. The van der Waals surface area contributed by atoms with Crippen LogP contribution in [0.1, 0.15) is 46.9 Å². The quantitative estimate of drug-likeness (QED) is 0.786. The van der Waals surface area contributed by atoms with E-state index in [4.69, 9.17) is 0 Å². The molecule has 1 aromatic rings. The van der Waals surface area contributed by atoms with Crippen molar-refractivity contribution in [2.24, 2.45) is 0 Å². The van der Waals surface area contributed by atoms with Gasteiger partial charge < -0.3 is 9.67 Å². The third-order valence-electron chi connectivity index (χ3n) is 4.04. The highest BCUT2D eigenvalue weighted by molar-refractivity contribution is 4.99. The minimum atomic E-state index is -0.412. The van der Waals surface area contributed by atoms with Crippen LogP contribution in [0.25, 0.3) is 0 Å². The second kappa shape index (κ2) is 7.06.